The molecule has 2 heterocycles. The molecule has 2 unspecified atom stereocenters. The molecule has 0 saturated carbocycles. The predicted molar refractivity (Wildman–Crippen MR) is 88.1 cm³/mol. The summed E-state index contributed by atoms with van der Waals surface area (Å²) in [5.74, 6) is 3.62. The van der Waals surface area contributed by atoms with Crippen LogP contribution >= 0.6 is 0 Å². The number of hydrogen-bond donors (Lipinski definition) is 1. The van der Waals surface area contributed by atoms with Gasteiger partial charge in [0, 0.05) is 32.7 Å². The van der Waals surface area contributed by atoms with Crippen LogP contribution in [0.1, 0.15) is 34.6 Å². The number of rotatable bonds is 6. The first-order valence-corrected chi connectivity index (χ1v) is 8.08. The Kier molecular flexibility index (Phi) is 5.20. The van der Waals surface area contributed by atoms with E-state index in [0.717, 1.165) is 44.6 Å². The van der Waals surface area contributed by atoms with Crippen LogP contribution in [0, 0.1) is 11.8 Å². The molecule has 6 nitrogen and oxygen atoms in total. The van der Waals surface area contributed by atoms with Gasteiger partial charge in [0.15, 0.2) is 0 Å². The van der Waals surface area contributed by atoms with E-state index in [0.29, 0.717) is 17.8 Å². The zero-order chi connectivity index (χ0) is 15.4. The van der Waals surface area contributed by atoms with Crippen LogP contribution in [0.2, 0.25) is 0 Å². The summed E-state index contributed by atoms with van der Waals surface area (Å²) in [5.41, 5.74) is 0. The van der Waals surface area contributed by atoms with Gasteiger partial charge in [-0.05, 0) is 32.6 Å². The fourth-order valence-corrected chi connectivity index (χ4v) is 2.67. The van der Waals surface area contributed by atoms with Crippen LogP contribution in [0.4, 0.5) is 17.8 Å². The molecule has 0 bridgehead atoms. The highest BCUT2D eigenvalue weighted by Crippen LogP contribution is 2.26. The Hall–Kier alpha value is -1.59. The van der Waals surface area contributed by atoms with Crippen LogP contribution in [0.15, 0.2) is 0 Å². The second kappa shape index (κ2) is 6.91. The zero-order valence-electron chi connectivity index (χ0n) is 13.9. The molecule has 0 spiro atoms. The van der Waals surface area contributed by atoms with Crippen LogP contribution in [-0.4, -0.2) is 47.7 Å². The third-order valence-electron chi connectivity index (χ3n) is 4.26. The molecule has 0 aromatic carbocycles. The lowest BCUT2D eigenvalue weighted by molar-refractivity contribution is 0.494. The van der Waals surface area contributed by atoms with E-state index in [1.54, 1.807) is 0 Å². The fraction of sp³-hybridized carbons (Fsp3) is 0.800. The molecule has 1 fully saturated rings. The average Bonchev–Trinajstić information content (AvgIpc) is 2.80. The van der Waals surface area contributed by atoms with Crippen LogP contribution in [0.25, 0.3) is 0 Å². The Morgan fingerprint density at radius 1 is 1.05 bits per heavy atom. The van der Waals surface area contributed by atoms with Crippen molar-refractivity contribution in [3.05, 3.63) is 0 Å². The normalized spacial score (nSPS) is 21.7. The first-order chi connectivity index (χ1) is 10.1. The van der Waals surface area contributed by atoms with Crippen molar-refractivity contribution in [2.75, 3.05) is 47.8 Å². The fourth-order valence-electron chi connectivity index (χ4n) is 2.67. The van der Waals surface area contributed by atoms with Crippen molar-refractivity contribution in [2.45, 2.75) is 34.6 Å². The largest absolute Gasteiger partial charge is 0.354 e. The summed E-state index contributed by atoms with van der Waals surface area (Å²) in [6.07, 6.45) is 0. The standard InChI is InChI=1S/C15H28N6/c1-6-16-13-17-14(20(7-2)8-3)19-15(18-13)21-9-11(4)12(5)10-21/h11-12H,6-10H2,1-5H3,(H,16,17,18,19). The van der Waals surface area contributed by atoms with Crippen LogP contribution in [0.3, 0.4) is 0 Å². The Morgan fingerprint density at radius 3 is 2.19 bits per heavy atom. The van der Waals surface area contributed by atoms with Gasteiger partial charge in [-0.1, -0.05) is 13.8 Å². The number of aromatic nitrogens is 3. The lowest BCUT2D eigenvalue weighted by atomic mass is 10.0. The molecule has 1 aliphatic rings. The van der Waals surface area contributed by atoms with Crippen molar-refractivity contribution in [2.24, 2.45) is 11.8 Å². The van der Waals surface area contributed by atoms with Gasteiger partial charge < -0.3 is 15.1 Å². The molecule has 118 valence electrons. The third-order valence-corrected chi connectivity index (χ3v) is 4.26. The van der Waals surface area contributed by atoms with Crippen LogP contribution < -0.4 is 15.1 Å². The average molecular weight is 292 g/mol. The Morgan fingerprint density at radius 2 is 1.67 bits per heavy atom. The predicted octanol–water partition coefficient (Wildman–Crippen LogP) is 2.24. The van der Waals surface area contributed by atoms with Crippen molar-refractivity contribution in [3.63, 3.8) is 0 Å². The second-order valence-electron chi connectivity index (χ2n) is 5.82. The van der Waals surface area contributed by atoms with Gasteiger partial charge in [-0.25, -0.2) is 0 Å². The van der Waals surface area contributed by atoms with Gasteiger partial charge >= 0.3 is 0 Å². The first-order valence-electron chi connectivity index (χ1n) is 8.08. The number of nitrogens with one attached hydrogen (secondary N) is 1. The molecule has 0 radical (unpaired) electrons. The lowest BCUT2D eigenvalue weighted by Crippen LogP contribution is -2.28. The number of anilines is 3. The van der Waals surface area contributed by atoms with Gasteiger partial charge in [0.25, 0.3) is 0 Å². The summed E-state index contributed by atoms with van der Waals surface area (Å²) in [5, 5.41) is 3.22. The molecular weight excluding hydrogens is 264 g/mol. The molecule has 0 amide bonds. The maximum Gasteiger partial charge on any atom is 0.231 e. The Labute approximate surface area is 128 Å². The van der Waals surface area contributed by atoms with Gasteiger partial charge in [0.05, 0.1) is 0 Å². The van der Waals surface area contributed by atoms with Gasteiger partial charge in [0.1, 0.15) is 0 Å². The van der Waals surface area contributed by atoms with Gasteiger partial charge in [-0.15, -0.1) is 0 Å². The molecule has 1 N–H and O–H groups in total. The minimum Gasteiger partial charge on any atom is -0.354 e. The van der Waals surface area contributed by atoms with E-state index in [9.17, 15) is 0 Å². The second-order valence-corrected chi connectivity index (χ2v) is 5.82. The molecule has 0 aliphatic carbocycles. The molecule has 1 aromatic rings. The van der Waals surface area contributed by atoms with Gasteiger partial charge in [0.2, 0.25) is 17.8 Å². The highest BCUT2D eigenvalue weighted by molar-refractivity contribution is 5.45. The molecule has 1 aliphatic heterocycles. The van der Waals surface area contributed by atoms with E-state index >= 15 is 0 Å². The van der Waals surface area contributed by atoms with Gasteiger partial charge in [-0.3, -0.25) is 0 Å². The van der Waals surface area contributed by atoms with E-state index in [4.69, 9.17) is 4.98 Å². The maximum absolute atomic E-state index is 4.70. The lowest BCUT2D eigenvalue weighted by Gasteiger charge is -2.22. The minimum absolute atomic E-state index is 0.677. The highest BCUT2D eigenvalue weighted by Gasteiger charge is 2.28. The van der Waals surface area contributed by atoms with Crippen molar-refractivity contribution >= 4 is 17.8 Å². The Bertz CT molecular complexity index is 449. The van der Waals surface area contributed by atoms with Crippen molar-refractivity contribution in [1.82, 2.24) is 15.0 Å². The van der Waals surface area contributed by atoms with E-state index < -0.39 is 0 Å². The molecule has 1 aromatic heterocycles. The SMILES string of the molecule is CCNc1nc(N(CC)CC)nc(N2CC(C)C(C)C2)n1. The van der Waals surface area contributed by atoms with E-state index in [1.165, 1.54) is 0 Å². The summed E-state index contributed by atoms with van der Waals surface area (Å²) < 4.78 is 0. The molecule has 21 heavy (non-hydrogen) atoms. The number of hydrogen-bond acceptors (Lipinski definition) is 6. The molecule has 1 saturated heterocycles. The molecule has 2 rings (SSSR count). The third kappa shape index (κ3) is 3.54. The molecule has 2 atom stereocenters. The monoisotopic (exact) mass is 292 g/mol. The quantitative estimate of drug-likeness (QED) is 0.868. The molecule has 6 heteroatoms. The molecular formula is C15H28N6. The van der Waals surface area contributed by atoms with Crippen molar-refractivity contribution < 1.29 is 0 Å². The smallest absolute Gasteiger partial charge is 0.231 e. The van der Waals surface area contributed by atoms with Crippen molar-refractivity contribution in [3.8, 4) is 0 Å². The summed E-state index contributed by atoms with van der Waals surface area (Å²) in [4.78, 5) is 18.3. The van der Waals surface area contributed by atoms with E-state index in [2.05, 4.69) is 59.7 Å². The first kappa shape index (κ1) is 15.8. The summed E-state index contributed by atoms with van der Waals surface area (Å²) >= 11 is 0. The van der Waals surface area contributed by atoms with Crippen molar-refractivity contribution in [1.29, 1.82) is 0 Å². The zero-order valence-corrected chi connectivity index (χ0v) is 13.9. The Balaban J connectivity index is 2.31. The minimum atomic E-state index is 0.677. The summed E-state index contributed by atoms with van der Waals surface area (Å²) in [6.45, 7) is 15.6. The van der Waals surface area contributed by atoms with Crippen LogP contribution in [-0.2, 0) is 0 Å². The summed E-state index contributed by atoms with van der Waals surface area (Å²) in [6, 6.07) is 0. The van der Waals surface area contributed by atoms with E-state index in [1.807, 2.05) is 0 Å². The van der Waals surface area contributed by atoms with Gasteiger partial charge in [-0.2, -0.15) is 15.0 Å². The maximum atomic E-state index is 4.70. The van der Waals surface area contributed by atoms with E-state index in [-0.39, 0.29) is 0 Å². The topological polar surface area (TPSA) is 57.2 Å². The summed E-state index contributed by atoms with van der Waals surface area (Å²) in [7, 11) is 0. The van der Waals surface area contributed by atoms with Crippen LogP contribution in [0.5, 0.6) is 0 Å². The highest BCUT2D eigenvalue weighted by atomic mass is 15.4. The number of nitrogens with zero attached hydrogens (tertiary/aromatic N) is 5.